The summed E-state index contributed by atoms with van der Waals surface area (Å²) in [5, 5.41) is 54.3. The molecule has 0 aromatic rings. The van der Waals surface area contributed by atoms with E-state index in [1.807, 2.05) is 6.08 Å². The molecule has 9 heteroatoms. The third kappa shape index (κ3) is 38.5. The highest BCUT2D eigenvalue weighted by atomic mass is 16.7. The maximum absolute atomic E-state index is 13.0. The SMILES string of the molecule is CC/C=C\C/C=C\C/C=C\C/C=C\C/C=C\CCCC(=O)NC(COC1OC(CO)C(O)C(O)C1O)C(O)/C=C/CC/C=C/CC/C=C/CCCCCCCCCCCCCCCCCCCCC. The predicted molar refractivity (Wildman–Crippen MR) is 290 cm³/mol. The van der Waals surface area contributed by atoms with Crippen LogP contribution in [0.15, 0.2) is 97.2 Å². The second-order valence-electron chi connectivity index (χ2n) is 19.0. The number of ether oxygens (including phenoxy) is 2. The number of rotatable bonds is 46. The van der Waals surface area contributed by atoms with Crippen molar-refractivity contribution in [1.82, 2.24) is 5.32 Å². The molecule has 7 unspecified atom stereocenters. The monoisotopic (exact) mass is 966 g/mol. The zero-order valence-electron chi connectivity index (χ0n) is 43.8. The molecule has 9 nitrogen and oxygen atoms in total. The average molecular weight is 966 g/mol. The van der Waals surface area contributed by atoms with Crippen LogP contribution in [-0.2, 0) is 14.3 Å². The Labute approximate surface area is 422 Å². The van der Waals surface area contributed by atoms with Gasteiger partial charge in [0.1, 0.15) is 24.4 Å². The number of amides is 1. The molecule has 6 N–H and O–H groups in total. The van der Waals surface area contributed by atoms with Gasteiger partial charge in [-0.3, -0.25) is 4.79 Å². The van der Waals surface area contributed by atoms with Crippen LogP contribution in [0, 0.1) is 0 Å². The maximum atomic E-state index is 13.0. The fourth-order valence-electron chi connectivity index (χ4n) is 8.22. The topological polar surface area (TPSA) is 149 Å². The van der Waals surface area contributed by atoms with Crippen molar-refractivity contribution in [3.05, 3.63) is 97.2 Å². The molecule has 0 radical (unpaired) electrons. The first-order chi connectivity index (χ1) is 33.8. The second kappa shape index (κ2) is 48.7. The van der Waals surface area contributed by atoms with Gasteiger partial charge in [0, 0.05) is 6.42 Å². The summed E-state index contributed by atoms with van der Waals surface area (Å²) in [4.78, 5) is 13.0. The number of carbonyl (C=O) groups is 1. The lowest BCUT2D eigenvalue weighted by Gasteiger charge is -2.40. The molecule has 1 aliphatic rings. The quantitative estimate of drug-likeness (QED) is 0.0261. The number of aliphatic hydroxyl groups is 5. The zero-order chi connectivity index (χ0) is 50.1. The summed E-state index contributed by atoms with van der Waals surface area (Å²) in [7, 11) is 0. The largest absolute Gasteiger partial charge is 0.394 e. The highest BCUT2D eigenvalue weighted by molar-refractivity contribution is 5.76. The molecule has 0 bridgehead atoms. The van der Waals surface area contributed by atoms with Gasteiger partial charge in [0.25, 0.3) is 0 Å². The van der Waals surface area contributed by atoms with Gasteiger partial charge in [0.15, 0.2) is 6.29 Å². The first kappa shape index (κ1) is 64.1. The van der Waals surface area contributed by atoms with Crippen LogP contribution >= 0.6 is 0 Å². The van der Waals surface area contributed by atoms with Gasteiger partial charge in [0.05, 0.1) is 25.4 Å². The molecule has 1 aliphatic heterocycles. The summed E-state index contributed by atoms with van der Waals surface area (Å²) < 4.78 is 11.2. The van der Waals surface area contributed by atoms with E-state index in [-0.39, 0.29) is 18.9 Å². The van der Waals surface area contributed by atoms with Gasteiger partial charge >= 0.3 is 0 Å². The minimum atomic E-state index is -1.59. The highest BCUT2D eigenvalue weighted by Gasteiger charge is 2.44. The van der Waals surface area contributed by atoms with Gasteiger partial charge < -0.3 is 40.3 Å². The Bertz CT molecular complexity index is 1400. The normalized spacial score (nSPS) is 20.2. The van der Waals surface area contributed by atoms with E-state index in [1.54, 1.807) is 6.08 Å². The zero-order valence-corrected chi connectivity index (χ0v) is 43.8. The summed E-state index contributed by atoms with van der Waals surface area (Å²) in [6, 6.07) is -0.865. The Morgan fingerprint density at radius 3 is 1.39 bits per heavy atom. The minimum Gasteiger partial charge on any atom is -0.394 e. The van der Waals surface area contributed by atoms with Crippen molar-refractivity contribution in [2.24, 2.45) is 0 Å². The van der Waals surface area contributed by atoms with Gasteiger partial charge in [0.2, 0.25) is 5.91 Å². The lowest BCUT2D eigenvalue weighted by molar-refractivity contribution is -0.302. The van der Waals surface area contributed by atoms with Crippen LogP contribution in [0.25, 0.3) is 0 Å². The fourth-order valence-corrected chi connectivity index (χ4v) is 8.22. The Morgan fingerprint density at radius 1 is 0.507 bits per heavy atom. The molecule has 0 spiro atoms. The van der Waals surface area contributed by atoms with Crippen LogP contribution < -0.4 is 5.32 Å². The number of allylic oxidation sites excluding steroid dienone is 15. The molecule has 69 heavy (non-hydrogen) atoms. The number of carbonyl (C=O) groups excluding carboxylic acids is 1. The van der Waals surface area contributed by atoms with Crippen LogP contribution in [0.1, 0.15) is 219 Å². The van der Waals surface area contributed by atoms with Crippen LogP contribution in [0.5, 0.6) is 0 Å². The van der Waals surface area contributed by atoms with Crippen molar-refractivity contribution in [2.75, 3.05) is 13.2 Å². The van der Waals surface area contributed by atoms with Crippen molar-refractivity contribution < 1.29 is 39.8 Å². The molecule has 0 aromatic heterocycles. The summed E-state index contributed by atoms with van der Waals surface area (Å²) in [6.45, 7) is 3.61. The van der Waals surface area contributed by atoms with E-state index >= 15 is 0 Å². The van der Waals surface area contributed by atoms with Crippen molar-refractivity contribution in [1.29, 1.82) is 0 Å². The predicted octanol–water partition coefficient (Wildman–Crippen LogP) is 13.6. The molecule has 1 heterocycles. The number of unbranched alkanes of at least 4 members (excludes halogenated alkanes) is 22. The van der Waals surface area contributed by atoms with Gasteiger partial charge in [-0.15, -0.1) is 0 Å². The van der Waals surface area contributed by atoms with Crippen LogP contribution in [-0.4, -0.2) is 87.5 Å². The van der Waals surface area contributed by atoms with E-state index in [4.69, 9.17) is 9.47 Å². The Kier molecular flexibility index (Phi) is 45.3. The molecular formula is C60H103NO8. The van der Waals surface area contributed by atoms with Crippen molar-refractivity contribution in [3.63, 3.8) is 0 Å². The molecule has 0 saturated carbocycles. The minimum absolute atomic E-state index is 0.234. The van der Waals surface area contributed by atoms with Crippen LogP contribution in [0.4, 0.5) is 0 Å². The standard InChI is InChI=1S/C60H103NO8/c1-3-5-7-9-11-13-15-17-19-21-22-23-24-25-26-27-28-29-30-31-32-34-35-37-39-41-43-45-47-49-54(63)53(52-68-60-59(67)58(66)57(65)55(51-62)69-60)61-56(64)50-48-46-44-42-40-38-36-33-20-18-16-14-12-10-8-6-4-2/h6,8,12,14,18,20,32,34,36,38-39,41-42,44,47,49,53-55,57-60,62-63,65-67H,3-5,7,9-11,13,15-17,19,21-31,33,35,37,40,43,45-46,48,50-52H2,1-2H3,(H,61,64)/b8-6-,14-12-,20-18-,34-32+,38-36-,41-39+,44-42-,49-47+. The highest BCUT2D eigenvalue weighted by Crippen LogP contribution is 2.23. The van der Waals surface area contributed by atoms with Gasteiger partial charge in [-0.2, -0.15) is 0 Å². The van der Waals surface area contributed by atoms with Crippen LogP contribution in [0.2, 0.25) is 0 Å². The number of hydrogen-bond donors (Lipinski definition) is 6. The van der Waals surface area contributed by atoms with Gasteiger partial charge in [-0.25, -0.2) is 0 Å². The Morgan fingerprint density at radius 2 is 0.913 bits per heavy atom. The third-order valence-corrected chi connectivity index (χ3v) is 12.6. The number of hydrogen-bond acceptors (Lipinski definition) is 8. The molecular weight excluding hydrogens is 863 g/mol. The molecule has 7 atom stereocenters. The Balaban J connectivity index is 2.30. The fraction of sp³-hybridized carbons (Fsp3) is 0.717. The second-order valence-corrected chi connectivity index (χ2v) is 19.0. The number of nitrogens with one attached hydrogen (secondary N) is 1. The van der Waals surface area contributed by atoms with E-state index in [2.05, 4.69) is 104 Å². The molecule has 0 aromatic carbocycles. The molecule has 1 saturated heterocycles. The average Bonchev–Trinajstić information content (AvgIpc) is 3.35. The molecule has 1 amide bonds. The number of aliphatic hydroxyl groups excluding tert-OH is 5. The van der Waals surface area contributed by atoms with Crippen molar-refractivity contribution in [3.8, 4) is 0 Å². The van der Waals surface area contributed by atoms with E-state index in [9.17, 15) is 30.3 Å². The van der Waals surface area contributed by atoms with Crippen molar-refractivity contribution >= 4 is 5.91 Å². The third-order valence-electron chi connectivity index (χ3n) is 12.6. The molecule has 396 valence electrons. The smallest absolute Gasteiger partial charge is 0.220 e. The van der Waals surface area contributed by atoms with E-state index in [1.165, 1.54) is 122 Å². The first-order valence-electron chi connectivity index (χ1n) is 28.0. The van der Waals surface area contributed by atoms with Gasteiger partial charge in [-0.05, 0) is 83.5 Å². The summed E-state index contributed by atoms with van der Waals surface area (Å²) in [5.74, 6) is -0.250. The van der Waals surface area contributed by atoms with Crippen LogP contribution in [0.3, 0.4) is 0 Å². The molecule has 1 rings (SSSR count). The molecule has 0 aliphatic carbocycles. The maximum Gasteiger partial charge on any atom is 0.220 e. The summed E-state index contributed by atoms with van der Waals surface area (Å²) >= 11 is 0. The Hall–Kier alpha value is -2.89. The lowest BCUT2D eigenvalue weighted by Crippen LogP contribution is -2.60. The summed E-state index contributed by atoms with van der Waals surface area (Å²) in [6.07, 6.45) is 63.5. The molecule has 1 fully saturated rings. The summed E-state index contributed by atoms with van der Waals surface area (Å²) in [5.41, 5.74) is 0. The first-order valence-corrected chi connectivity index (χ1v) is 28.0. The van der Waals surface area contributed by atoms with E-state index in [0.717, 1.165) is 64.2 Å². The lowest BCUT2D eigenvalue weighted by atomic mass is 9.99. The van der Waals surface area contributed by atoms with E-state index < -0.39 is 49.5 Å². The van der Waals surface area contributed by atoms with Gasteiger partial charge in [-0.1, -0.05) is 227 Å². The van der Waals surface area contributed by atoms with E-state index in [0.29, 0.717) is 12.8 Å². The van der Waals surface area contributed by atoms with Crippen molar-refractivity contribution in [2.45, 2.75) is 262 Å².